The van der Waals surface area contributed by atoms with E-state index in [0.717, 1.165) is 19.6 Å². The van der Waals surface area contributed by atoms with Crippen molar-refractivity contribution in [3.8, 4) is 0 Å². The Balaban J connectivity index is 2.46. The molecule has 1 fully saturated rings. The Bertz CT molecular complexity index is 159. The minimum atomic E-state index is -0.281. The minimum Gasteiger partial charge on any atom is -0.377 e. The number of nitrogens with zero attached hydrogens (tertiary/aromatic N) is 2. The molecule has 1 unspecified atom stereocenters. The molecule has 1 saturated heterocycles. The van der Waals surface area contributed by atoms with Gasteiger partial charge in [0.05, 0.1) is 0 Å². The van der Waals surface area contributed by atoms with Crippen molar-refractivity contribution >= 4 is 0 Å². The Morgan fingerprint density at radius 2 is 1.69 bits per heavy atom. The summed E-state index contributed by atoms with van der Waals surface area (Å²) in [7, 11) is 0. The Morgan fingerprint density at radius 3 is 2.08 bits per heavy atom. The zero-order chi connectivity index (χ0) is 10.0. The van der Waals surface area contributed by atoms with Crippen LogP contribution in [0.25, 0.3) is 0 Å². The third-order valence-electron chi connectivity index (χ3n) is 2.82. The van der Waals surface area contributed by atoms with Gasteiger partial charge in [-0.1, -0.05) is 0 Å². The van der Waals surface area contributed by atoms with Gasteiger partial charge in [0, 0.05) is 31.7 Å². The summed E-state index contributed by atoms with van der Waals surface area (Å²) in [6, 6.07) is 0.994. The van der Waals surface area contributed by atoms with Crippen molar-refractivity contribution in [2.24, 2.45) is 0 Å². The maximum absolute atomic E-state index is 9.84. The Morgan fingerprint density at radius 1 is 1.08 bits per heavy atom. The van der Waals surface area contributed by atoms with E-state index in [0.29, 0.717) is 12.1 Å². The molecule has 0 amide bonds. The first kappa shape index (κ1) is 11.0. The number of rotatable bonds is 2. The number of piperazine rings is 1. The van der Waals surface area contributed by atoms with Crippen molar-refractivity contribution in [3.63, 3.8) is 0 Å². The highest BCUT2D eigenvalue weighted by atomic mass is 16.3. The van der Waals surface area contributed by atoms with Crippen molar-refractivity contribution in [2.45, 2.75) is 46.0 Å². The van der Waals surface area contributed by atoms with E-state index in [1.807, 2.05) is 0 Å². The normalized spacial score (nSPS) is 27.5. The SMILES string of the molecule is CC(C)N1CCN(C(C)C)C(O)C1. The number of aliphatic hydroxyl groups excluding tert-OH is 1. The molecule has 0 aliphatic carbocycles. The molecule has 1 atom stereocenters. The van der Waals surface area contributed by atoms with E-state index in [2.05, 4.69) is 37.5 Å². The van der Waals surface area contributed by atoms with Crippen molar-refractivity contribution in [3.05, 3.63) is 0 Å². The molecular formula is C10H22N2O. The maximum atomic E-state index is 9.84. The van der Waals surface area contributed by atoms with Crippen molar-refractivity contribution in [2.75, 3.05) is 19.6 Å². The number of hydrogen-bond donors (Lipinski definition) is 1. The predicted octanol–water partition coefficient (Wildman–Crippen LogP) is 0.739. The van der Waals surface area contributed by atoms with E-state index < -0.39 is 0 Å². The predicted molar refractivity (Wildman–Crippen MR) is 54.6 cm³/mol. The van der Waals surface area contributed by atoms with Gasteiger partial charge in [-0.25, -0.2) is 0 Å². The standard InChI is InChI=1S/C10H22N2O/c1-8(2)11-5-6-12(9(3)4)10(13)7-11/h8-10,13H,5-7H2,1-4H3. The summed E-state index contributed by atoms with van der Waals surface area (Å²) in [4.78, 5) is 4.47. The molecule has 13 heavy (non-hydrogen) atoms. The highest BCUT2D eigenvalue weighted by Gasteiger charge is 2.27. The second-order valence-electron chi connectivity index (χ2n) is 4.40. The quantitative estimate of drug-likeness (QED) is 0.689. The van der Waals surface area contributed by atoms with Gasteiger partial charge in [-0.05, 0) is 27.7 Å². The monoisotopic (exact) mass is 186 g/mol. The average molecular weight is 186 g/mol. The van der Waals surface area contributed by atoms with E-state index in [1.165, 1.54) is 0 Å². The highest BCUT2D eigenvalue weighted by Crippen LogP contribution is 2.12. The van der Waals surface area contributed by atoms with Gasteiger partial charge in [-0.3, -0.25) is 9.80 Å². The van der Waals surface area contributed by atoms with Crippen LogP contribution in [-0.4, -0.2) is 52.9 Å². The fraction of sp³-hybridized carbons (Fsp3) is 1.00. The van der Waals surface area contributed by atoms with Crippen LogP contribution >= 0.6 is 0 Å². The Hall–Kier alpha value is -0.120. The van der Waals surface area contributed by atoms with Gasteiger partial charge in [-0.2, -0.15) is 0 Å². The molecule has 1 aliphatic rings. The lowest BCUT2D eigenvalue weighted by Crippen LogP contribution is -2.56. The lowest BCUT2D eigenvalue weighted by Gasteiger charge is -2.42. The number of β-amino-alcohol motifs (C(OH)–C–C–N with tert-alkyl or cyclic N) is 1. The molecule has 3 heteroatoms. The molecular weight excluding hydrogens is 164 g/mol. The van der Waals surface area contributed by atoms with E-state index >= 15 is 0 Å². The smallest absolute Gasteiger partial charge is 0.120 e. The topological polar surface area (TPSA) is 26.7 Å². The summed E-state index contributed by atoms with van der Waals surface area (Å²) in [6.45, 7) is 11.5. The summed E-state index contributed by atoms with van der Waals surface area (Å²) >= 11 is 0. The van der Waals surface area contributed by atoms with Gasteiger partial charge >= 0.3 is 0 Å². The molecule has 0 aromatic carbocycles. The van der Waals surface area contributed by atoms with Gasteiger partial charge < -0.3 is 5.11 Å². The zero-order valence-electron chi connectivity index (χ0n) is 9.20. The first-order valence-electron chi connectivity index (χ1n) is 5.20. The van der Waals surface area contributed by atoms with Crippen molar-refractivity contribution < 1.29 is 5.11 Å². The van der Waals surface area contributed by atoms with Crippen LogP contribution < -0.4 is 0 Å². The van der Waals surface area contributed by atoms with Gasteiger partial charge in [0.15, 0.2) is 0 Å². The van der Waals surface area contributed by atoms with E-state index in [9.17, 15) is 5.11 Å². The molecule has 0 aromatic rings. The number of aliphatic hydroxyl groups is 1. The number of hydrogen-bond acceptors (Lipinski definition) is 3. The summed E-state index contributed by atoms with van der Waals surface area (Å²) in [5.74, 6) is 0. The van der Waals surface area contributed by atoms with Crippen LogP contribution in [0.3, 0.4) is 0 Å². The molecule has 0 bridgehead atoms. The highest BCUT2D eigenvalue weighted by molar-refractivity contribution is 4.79. The molecule has 0 radical (unpaired) electrons. The summed E-state index contributed by atoms with van der Waals surface area (Å²) in [6.07, 6.45) is -0.281. The lowest BCUT2D eigenvalue weighted by molar-refractivity contribution is -0.0779. The second-order valence-corrected chi connectivity index (χ2v) is 4.40. The maximum Gasteiger partial charge on any atom is 0.120 e. The van der Waals surface area contributed by atoms with Crippen molar-refractivity contribution in [1.82, 2.24) is 9.80 Å². The summed E-state index contributed by atoms with van der Waals surface area (Å²) in [5.41, 5.74) is 0. The molecule has 0 spiro atoms. The largest absolute Gasteiger partial charge is 0.377 e. The summed E-state index contributed by atoms with van der Waals surface area (Å²) < 4.78 is 0. The molecule has 0 aromatic heterocycles. The molecule has 3 nitrogen and oxygen atoms in total. The molecule has 1 aliphatic heterocycles. The molecule has 1 N–H and O–H groups in total. The van der Waals surface area contributed by atoms with Crippen LogP contribution in [0.1, 0.15) is 27.7 Å². The second kappa shape index (κ2) is 4.40. The van der Waals surface area contributed by atoms with Gasteiger partial charge in [0.1, 0.15) is 6.23 Å². The van der Waals surface area contributed by atoms with Crippen LogP contribution in [0.5, 0.6) is 0 Å². The van der Waals surface area contributed by atoms with Crippen molar-refractivity contribution in [1.29, 1.82) is 0 Å². The molecule has 78 valence electrons. The molecule has 0 saturated carbocycles. The minimum absolute atomic E-state index is 0.281. The average Bonchev–Trinajstić information content (AvgIpc) is 2.03. The first-order valence-corrected chi connectivity index (χ1v) is 5.20. The van der Waals surface area contributed by atoms with Crippen LogP contribution in [0.4, 0.5) is 0 Å². The van der Waals surface area contributed by atoms with Gasteiger partial charge in [-0.15, -0.1) is 0 Å². The lowest BCUT2D eigenvalue weighted by atomic mass is 10.2. The zero-order valence-corrected chi connectivity index (χ0v) is 9.20. The summed E-state index contributed by atoms with van der Waals surface area (Å²) in [5, 5.41) is 9.84. The molecule has 1 heterocycles. The van der Waals surface area contributed by atoms with E-state index in [-0.39, 0.29) is 6.23 Å². The van der Waals surface area contributed by atoms with Gasteiger partial charge in [0.2, 0.25) is 0 Å². The fourth-order valence-corrected chi connectivity index (χ4v) is 1.87. The third kappa shape index (κ3) is 2.66. The van der Waals surface area contributed by atoms with Crippen LogP contribution in [0.15, 0.2) is 0 Å². The van der Waals surface area contributed by atoms with E-state index in [1.54, 1.807) is 0 Å². The molecule has 1 rings (SSSR count). The van der Waals surface area contributed by atoms with Crippen LogP contribution in [-0.2, 0) is 0 Å². The third-order valence-corrected chi connectivity index (χ3v) is 2.82. The Kier molecular flexibility index (Phi) is 3.71. The van der Waals surface area contributed by atoms with Gasteiger partial charge in [0.25, 0.3) is 0 Å². The van der Waals surface area contributed by atoms with Crippen LogP contribution in [0, 0.1) is 0 Å². The fourth-order valence-electron chi connectivity index (χ4n) is 1.87. The first-order chi connectivity index (χ1) is 6.02. The Labute approximate surface area is 81.3 Å². The van der Waals surface area contributed by atoms with E-state index in [4.69, 9.17) is 0 Å². The van der Waals surface area contributed by atoms with Crippen LogP contribution in [0.2, 0.25) is 0 Å².